The third-order valence-corrected chi connectivity index (χ3v) is 4.37. The second kappa shape index (κ2) is 5.72. The molecule has 1 aromatic carbocycles. The predicted octanol–water partition coefficient (Wildman–Crippen LogP) is 2.37. The lowest BCUT2D eigenvalue weighted by atomic mass is 10.0. The Balaban J connectivity index is 1.75. The van der Waals surface area contributed by atoms with Gasteiger partial charge in [0, 0.05) is 19.2 Å². The number of halogens is 1. The first-order valence-electron chi connectivity index (χ1n) is 7.58. The zero-order valence-electron chi connectivity index (χ0n) is 12.6. The van der Waals surface area contributed by atoms with E-state index in [0.29, 0.717) is 23.4 Å². The molecule has 0 atom stereocenters. The molecule has 0 radical (unpaired) electrons. The summed E-state index contributed by atoms with van der Waals surface area (Å²) in [4.78, 5) is 14.0. The number of hydrogen-bond donors (Lipinski definition) is 1. The average Bonchev–Trinajstić information content (AvgIpc) is 2.91. The highest BCUT2D eigenvalue weighted by molar-refractivity contribution is 5.99. The summed E-state index contributed by atoms with van der Waals surface area (Å²) < 4.78 is 18.8. The number of fused-ring (bicyclic) bond motifs is 1. The molecule has 0 saturated heterocycles. The monoisotopic (exact) mass is 305 g/mol. The molecule has 1 aliphatic carbocycles. The van der Waals surface area contributed by atoms with Gasteiger partial charge in [-0.05, 0) is 37.1 Å². The molecular weight excluding hydrogens is 285 g/mol. The number of benzene rings is 1. The number of aliphatic hydroxyl groups is 1. The van der Waals surface area contributed by atoms with E-state index in [1.54, 1.807) is 19.2 Å². The molecule has 0 bridgehead atoms. The van der Waals surface area contributed by atoms with E-state index >= 15 is 0 Å². The molecule has 1 amide bonds. The van der Waals surface area contributed by atoms with E-state index in [0.717, 1.165) is 25.7 Å². The van der Waals surface area contributed by atoms with Crippen molar-refractivity contribution < 1.29 is 19.0 Å². The van der Waals surface area contributed by atoms with Gasteiger partial charge in [0.1, 0.15) is 18.2 Å². The van der Waals surface area contributed by atoms with Gasteiger partial charge < -0.3 is 14.7 Å². The lowest BCUT2D eigenvalue weighted by Gasteiger charge is -2.30. The van der Waals surface area contributed by atoms with Crippen LogP contribution in [-0.4, -0.2) is 41.7 Å². The zero-order valence-corrected chi connectivity index (χ0v) is 12.6. The second-order valence-electron chi connectivity index (χ2n) is 6.23. The third kappa shape index (κ3) is 2.99. The van der Waals surface area contributed by atoms with Crippen LogP contribution in [0.5, 0.6) is 5.75 Å². The fourth-order valence-corrected chi connectivity index (χ4v) is 3.22. The van der Waals surface area contributed by atoms with Crippen LogP contribution in [0.4, 0.5) is 4.39 Å². The molecule has 2 aliphatic rings. The standard InChI is InChI=1S/C17H20FNO3/c1-19(11-17(21)6-2-3-7-17)16(20)13-8-12-9-14(18)4-5-15(12)22-10-13/h4-5,8-9,21H,2-3,6-7,10-11H2,1H3. The maximum Gasteiger partial charge on any atom is 0.253 e. The Morgan fingerprint density at radius 1 is 1.41 bits per heavy atom. The van der Waals surface area contributed by atoms with Gasteiger partial charge in [0.15, 0.2) is 0 Å². The Morgan fingerprint density at radius 2 is 2.14 bits per heavy atom. The molecule has 5 heteroatoms. The van der Waals surface area contributed by atoms with Crippen molar-refractivity contribution in [1.29, 1.82) is 0 Å². The number of nitrogens with zero attached hydrogens (tertiary/aromatic N) is 1. The number of hydrogen-bond acceptors (Lipinski definition) is 3. The van der Waals surface area contributed by atoms with Crippen molar-refractivity contribution in [2.45, 2.75) is 31.3 Å². The third-order valence-electron chi connectivity index (χ3n) is 4.37. The SMILES string of the molecule is CN(CC1(O)CCCC1)C(=O)C1=Cc2cc(F)ccc2OC1. The number of ether oxygens (including phenoxy) is 1. The molecule has 1 N–H and O–H groups in total. The van der Waals surface area contributed by atoms with Gasteiger partial charge in [0.05, 0.1) is 11.2 Å². The van der Waals surface area contributed by atoms with Crippen molar-refractivity contribution in [3.63, 3.8) is 0 Å². The number of carbonyl (C=O) groups excluding carboxylic acids is 1. The molecule has 1 aliphatic heterocycles. The fraction of sp³-hybridized carbons (Fsp3) is 0.471. The summed E-state index contributed by atoms with van der Waals surface area (Å²) in [5, 5.41) is 10.4. The van der Waals surface area contributed by atoms with Crippen LogP contribution in [0.15, 0.2) is 23.8 Å². The summed E-state index contributed by atoms with van der Waals surface area (Å²) in [6, 6.07) is 4.25. The van der Waals surface area contributed by atoms with E-state index in [2.05, 4.69) is 0 Å². The number of likely N-dealkylation sites (N-methyl/N-ethyl adjacent to an activating group) is 1. The molecular formula is C17H20FNO3. The van der Waals surface area contributed by atoms with Gasteiger partial charge in [0.2, 0.25) is 0 Å². The first-order chi connectivity index (χ1) is 10.5. The van der Waals surface area contributed by atoms with E-state index < -0.39 is 5.60 Å². The Hall–Kier alpha value is -1.88. The van der Waals surface area contributed by atoms with Gasteiger partial charge >= 0.3 is 0 Å². The molecule has 0 unspecified atom stereocenters. The summed E-state index contributed by atoms with van der Waals surface area (Å²) in [7, 11) is 1.68. The van der Waals surface area contributed by atoms with E-state index in [1.165, 1.54) is 17.0 Å². The minimum atomic E-state index is -0.773. The van der Waals surface area contributed by atoms with Gasteiger partial charge in [0.25, 0.3) is 5.91 Å². The summed E-state index contributed by atoms with van der Waals surface area (Å²) in [5.74, 6) is 0.0335. The first-order valence-corrected chi connectivity index (χ1v) is 7.58. The summed E-state index contributed by atoms with van der Waals surface area (Å²) in [6.45, 7) is 0.486. The molecule has 0 spiro atoms. The van der Waals surface area contributed by atoms with Crippen LogP contribution in [0.25, 0.3) is 6.08 Å². The maximum atomic E-state index is 13.3. The van der Waals surface area contributed by atoms with Crippen molar-refractivity contribution >= 4 is 12.0 Å². The smallest absolute Gasteiger partial charge is 0.253 e. The summed E-state index contributed by atoms with van der Waals surface area (Å²) >= 11 is 0. The normalized spacial score (nSPS) is 19.1. The van der Waals surface area contributed by atoms with Crippen molar-refractivity contribution in [2.75, 3.05) is 20.2 Å². The average molecular weight is 305 g/mol. The van der Waals surface area contributed by atoms with Gasteiger partial charge in [-0.15, -0.1) is 0 Å². The molecule has 3 rings (SSSR count). The molecule has 118 valence electrons. The highest BCUT2D eigenvalue weighted by Gasteiger charge is 2.34. The molecule has 22 heavy (non-hydrogen) atoms. The maximum absolute atomic E-state index is 13.3. The van der Waals surface area contributed by atoms with Gasteiger partial charge in [-0.2, -0.15) is 0 Å². The minimum Gasteiger partial charge on any atom is -0.488 e. The van der Waals surface area contributed by atoms with E-state index in [9.17, 15) is 14.3 Å². The molecule has 4 nitrogen and oxygen atoms in total. The van der Waals surface area contributed by atoms with Crippen LogP contribution in [0, 0.1) is 5.82 Å². The lowest BCUT2D eigenvalue weighted by Crippen LogP contribution is -2.43. The summed E-state index contributed by atoms with van der Waals surface area (Å²) in [6.07, 6.45) is 5.12. The molecule has 1 heterocycles. The largest absolute Gasteiger partial charge is 0.488 e. The molecule has 1 saturated carbocycles. The Bertz CT molecular complexity index is 620. The topological polar surface area (TPSA) is 49.8 Å². The zero-order chi connectivity index (χ0) is 15.7. The number of rotatable bonds is 3. The van der Waals surface area contributed by atoms with Crippen molar-refractivity contribution in [3.8, 4) is 5.75 Å². The van der Waals surface area contributed by atoms with E-state index in [1.807, 2.05) is 0 Å². The summed E-state index contributed by atoms with van der Waals surface area (Å²) in [5.41, 5.74) is 0.273. The highest BCUT2D eigenvalue weighted by atomic mass is 19.1. The van der Waals surface area contributed by atoms with Crippen LogP contribution in [0.1, 0.15) is 31.2 Å². The molecule has 0 aromatic heterocycles. The fourth-order valence-electron chi connectivity index (χ4n) is 3.22. The number of carbonyl (C=O) groups is 1. The van der Waals surface area contributed by atoms with Crippen LogP contribution in [-0.2, 0) is 4.79 Å². The predicted molar refractivity (Wildman–Crippen MR) is 80.9 cm³/mol. The van der Waals surface area contributed by atoms with Crippen LogP contribution in [0.2, 0.25) is 0 Å². The quantitative estimate of drug-likeness (QED) is 0.932. The Kier molecular flexibility index (Phi) is 3.91. The molecule has 1 fully saturated rings. The first kappa shape index (κ1) is 15.0. The van der Waals surface area contributed by atoms with E-state index in [4.69, 9.17) is 4.74 Å². The van der Waals surface area contributed by atoms with Gasteiger partial charge in [-0.3, -0.25) is 4.79 Å². The van der Waals surface area contributed by atoms with Crippen molar-refractivity contribution in [3.05, 3.63) is 35.2 Å². The van der Waals surface area contributed by atoms with Crippen LogP contribution < -0.4 is 4.74 Å². The highest BCUT2D eigenvalue weighted by Crippen LogP contribution is 2.31. The lowest BCUT2D eigenvalue weighted by molar-refractivity contribution is -0.129. The Morgan fingerprint density at radius 3 is 2.86 bits per heavy atom. The van der Waals surface area contributed by atoms with E-state index in [-0.39, 0.29) is 18.3 Å². The van der Waals surface area contributed by atoms with Gasteiger partial charge in [-0.25, -0.2) is 4.39 Å². The Labute approximate surface area is 129 Å². The minimum absolute atomic E-state index is 0.167. The van der Waals surface area contributed by atoms with Gasteiger partial charge in [-0.1, -0.05) is 12.8 Å². The van der Waals surface area contributed by atoms with Crippen LogP contribution >= 0.6 is 0 Å². The van der Waals surface area contributed by atoms with Crippen molar-refractivity contribution in [2.24, 2.45) is 0 Å². The number of amides is 1. The molecule has 1 aromatic rings. The second-order valence-corrected chi connectivity index (χ2v) is 6.23. The van der Waals surface area contributed by atoms with Crippen molar-refractivity contribution in [1.82, 2.24) is 4.90 Å². The van der Waals surface area contributed by atoms with Crippen LogP contribution in [0.3, 0.4) is 0 Å².